The van der Waals surface area contributed by atoms with Gasteiger partial charge >= 0.3 is 0 Å². The van der Waals surface area contributed by atoms with E-state index in [0.29, 0.717) is 18.0 Å². The Morgan fingerprint density at radius 1 is 1.29 bits per heavy atom. The van der Waals surface area contributed by atoms with Gasteiger partial charge in [0.1, 0.15) is 12.4 Å². The molecule has 2 aromatic rings. The molecule has 0 spiro atoms. The van der Waals surface area contributed by atoms with Gasteiger partial charge in [-0.15, -0.1) is 0 Å². The van der Waals surface area contributed by atoms with Gasteiger partial charge in [-0.25, -0.2) is 4.79 Å². The van der Waals surface area contributed by atoms with Gasteiger partial charge in [0.15, 0.2) is 0 Å². The molecule has 0 aliphatic carbocycles. The van der Waals surface area contributed by atoms with Crippen LogP contribution in [0.5, 0.6) is 5.75 Å². The molecule has 1 aromatic carbocycles. The van der Waals surface area contributed by atoms with Crippen molar-refractivity contribution in [3.05, 3.63) is 54.4 Å². The van der Waals surface area contributed by atoms with Gasteiger partial charge in [-0.3, -0.25) is 4.98 Å². The van der Waals surface area contributed by atoms with E-state index in [1.54, 1.807) is 24.5 Å². The highest BCUT2D eigenvalue weighted by Gasteiger charge is 1.97. The van der Waals surface area contributed by atoms with Crippen LogP contribution in [0.2, 0.25) is 0 Å². The summed E-state index contributed by atoms with van der Waals surface area (Å²) in [6.07, 6.45) is 4.84. The van der Waals surface area contributed by atoms with Crippen LogP contribution in [-0.2, 0) is 11.4 Å². The predicted octanol–water partition coefficient (Wildman–Crippen LogP) is 2.63. The molecule has 0 atom stereocenters. The highest BCUT2D eigenvalue weighted by Crippen LogP contribution is 2.15. The molecule has 0 amide bonds. The van der Waals surface area contributed by atoms with Crippen LogP contribution in [-0.4, -0.2) is 11.1 Å². The molecule has 0 N–H and O–H groups in total. The molecule has 1 aromatic heterocycles. The van der Waals surface area contributed by atoms with Crippen molar-refractivity contribution < 1.29 is 9.53 Å². The summed E-state index contributed by atoms with van der Waals surface area (Å²) in [4.78, 5) is 17.6. The van der Waals surface area contributed by atoms with Crippen LogP contribution < -0.4 is 4.74 Å². The Morgan fingerprint density at radius 3 is 3.00 bits per heavy atom. The molecule has 0 saturated carbocycles. The Labute approximate surface area is 98.6 Å². The number of rotatable bonds is 4. The quantitative estimate of drug-likeness (QED) is 0.594. The number of pyridine rings is 1. The van der Waals surface area contributed by atoms with Crippen molar-refractivity contribution in [1.29, 1.82) is 0 Å². The molecule has 2 rings (SSSR count). The van der Waals surface area contributed by atoms with Gasteiger partial charge in [0, 0.05) is 6.20 Å². The van der Waals surface area contributed by atoms with Crippen LogP contribution in [0.4, 0.5) is 5.69 Å². The summed E-state index contributed by atoms with van der Waals surface area (Å²) in [6.45, 7) is 0.411. The summed E-state index contributed by atoms with van der Waals surface area (Å²) in [5.41, 5.74) is 1.51. The Morgan fingerprint density at radius 2 is 2.24 bits per heavy atom. The largest absolute Gasteiger partial charge is 0.487 e. The van der Waals surface area contributed by atoms with E-state index in [0.717, 1.165) is 5.56 Å². The Kier molecular flexibility index (Phi) is 3.63. The van der Waals surface area contributed by atoms with Crippen molar-refractivity contribution in [3.63, 3.8) is 0 Å². The van der Waals surface area contributed by atoms with E-state index >= 15 is 0 Å². The minimum absolute atomic E-state index is 0.411. The normalized spacial score (nSPS) is 9.41. The first kappa shape index (κ1) is 11.0. The third kappa shape index (κ3) is 3.26. The fourth-order valence-corrected chi connectivity index (χ4v) is 1.37. The third-order valence-electron chi connectivity index (χ3n) is 2.13. The molecule has 17 heavy (non-hydrogen) atoms. The second-order valence-corrected chi connectivity index (χ2v) is 3.35. The summed E-state index contributed by atoms with van der Waals surface area (Å²) >= 11 is 0. The van der Waals surface area contributed by atoms with Gasteiger partial charge in [-0.05, 0) is 29.8 Å². The molecule has 0 fully saturated rings. The Hall–Kier alpha value is -2.45. The molecule has 0 bridgehead atoms. The summed E-state index contributed by atoms with van der Waals surface area (Å²) in [5, 5.41) is 0. The predicted molar refractivity (Wildman–Crippen MR) is 62.8 cm³/mol. The maximum Gasteiger partial charge on any atom is 0.240 e. The highest BCUT2D eigenvalue weighted by molar-refractivity contribution is 5.49. The van der Waals surface area contributed by atoms with Crippen LogP contribution in [0, 0.1) is 0 Å². The lowest BCUT2D eigenvalue weighted by atomic mass is 10.2. The van der Waals surface area contributed by atoms with Crippen molar-refractivity contribution in [2.45, 2.75) is 6.61 Å². The van der Waals surface area contributed by atoms with E-state index in [-0.39, 0.29) is 0 Å². The van der Waals surface area contributed by atoms with E-state index in [1.807, 2.05) is 24.3 Å². The number of aromatic nitrogens is 1. The number of benzene rings is 1. The van der Waals surface area contributed by atoms with Crippen LogP contribution in [0.25, 0.3) is 0 Å². The maximum atomic E-state index is 10.1. The summed E-state index contributed by atoms with van der Waals surface area (Å²) in [7, 11) is 0. The van der Waals surface area contributed by atoms with Crippen LogP contribution in [0.3, 0.4) is 0 Å². The number of hydrogen-bond donors (Lipinski definition) is 0. The zero-order valence-corrected chi connectivity index (χ0v) is 9.04. The Bertz CT molecular complexity index is 534. The summed E-state index contributed by atoms with van der Waals surface area (Å²) in [5.74, 6) is 0.705. The lowest BCUT2D eigenvalue weighted by Gasteiger charge is -2.05. The van der Waals surface area contributed by atoms with E-state index in [4.69, 9.17) is 4.74 Å². The standard InChI is InChI=1S/C13H10N2O2/c16-10-15-12-4-1-3-11(7-12)9-17-13-5-2-6-14-8-13/h1-8H,9H2. The second kappa shape index (κ2) is 5.58. The fourth-order valence-electron chi connectivity index (χ4n) is 1.37. The van der Waals surface area contributed by atoms with Gasteiger partial charge in [-0.1, -0.05) is 12.1 Å². The van der Waals surface area contributed by atoms with Gasteiger partial charge in [0.05, 0.1) is 11.9 Å². The number of isocyanates is 1. The number of ether oxygens (including phenoxy) is 1. The van der Waals surface area contributed by atoms with E-state index in [9.17, 15) is 4.79 Å². The van der Waals surface area contributed by atoms with Crippen molar-refractivity contribution in [1.82, 2.24) is 4.98 Å². The van der Waals surface area contributed by atoms with Gasteiger partial charge in [0.2, 0.25) is 6.08 Å². The first-order chi connectivity index (χ1) is 8.38. The van der Waals surface area contributed by atoms with Crippen molar-refractivity contribution in [2.24, 2.45) is 4.99 Å². The number of aliphatic imine (C=N–C) groups is 1. The number of hydrogen-bond acceptors (Lipinski definition) is 4. The van der Waals surface area contributed by atoms with Crippen LogP contribution in [0.15, 0.2) is 53.8 Å². The monoisotopic (exact) mass is 226 g/mol. The fraction of sp³-hybridized carbons (Fsp3) is 0.0769. The lowest BCUT2D eigenvalue weighted by molar-refractivity contribution is 0.305. The average molecular weight is 226 g/mol. The van der Waals surface area contributed by atoms with Crippen LogP contribution in [0.1, 0.15) is 5.56 Å². The van der Waals surface area contributed by atoms with Gasteiger partial charge in [0.25, 0.3) is 0 Å². The molecular formula is C13H10N2O2. The molecule has 4 heteroatoms. The smallest absolute Gasteiger partial charge is 0.240 e. The molecule has 0 aliphatic heterocycles. The zero-order chi connectivity index (χ0) is 11.9. The van der Waals surface area contributed by atoms with Gasteiger partial charge in [-0.2, -0.15) is 4.99 Å². The molecule has 0 radical (unpaired) electrons. The topological polar surface area (TPSA) is 51.5 Å². The van der Waals surface area contributed by atoms with Crippen molar-refractivity contribution >= 4 is 11.8 Å². The number of carbonyl (C=O) groups excluding carboxylic acids is 1. The molecule has 1 heterocycles. The van der Waals surface area contributed by atoms with Crippen LogP contribution >= 0.6 is 0 Å². The molecule has 84 valence electrons. The third-order valence-corrected chi connectivity index (χ3v) is 2.13. The number of nitrogens with zero attached hydrogens (tertiary/aromatic N) is 2. The van der Waals surface area contributed by atoms with Crippen molar-refractivity contribution in [3.8, 4) is 5.75 Å². The molecule has 0 unspecified atom stereocenters. The first-order valence-corrected chi connectivity index (χ1v) is 5.08. The second-order valence-electron chi connectivity index (χ2n) is 3.35. The Balaban J connectivity index is 2.04. The SMILES string of the molecule is O=C=Nc1cccc(COc2cccnc2)c1. The van der Waals surface area contributed by atoms with E-state index < -0.39 is 0 Å². The summed E-state index contributed by atoms with van der Waals surface area (Å²) < 4.78 is 5.52. The van der Waals surface area contributed by atoms with E-state index in [1.165, 1.54) is 6.08 Å². The zero-order valence-electron chi connectivity index (χ0n) is 9.04. The molecule has 0 saturated heterocycles. The average Bonchev–Trinajstić information content (AvgIpc) is 2.39. The summed E-state index contributed by atoms with van der Waals surface area (Å²) in [6, 6.07) is 10.9. The minimum Gasteiger partial charge on any atom is -0.487 e. The maximum absolute atomic E-state index is 10.1. The molecule has 4 nitrogen and oxygen atoms in total. The highest BCUT2D eigenvalue weighted by atomic mass is 16.5. The van der Waals surface area contributed by atoms with Crippen molar-refractivity contribution in [2.75, 3.05) is 0 Å². The molecular weight excluding hydrogens is 216 g/mol. The first-order valence-electron chi connectivity index (χ1n) is 5.08. The minimum atomic E-state index is 0.411. The molecule has 0 aliphatic rings. The lowest BCUT2D eigenvalue weighted by Crippen LogP contribution is -1.95. The van der Waals surface area contributed by atoms with E-state index in [2.05, 4.69) is 9.98 Å². The van der Waals surface area contributed by atoms with Gasteiger partial charge < -0.3 is 4.74 Å².